The summed E-state index contributed by atoms with van der Waals surface area (Å²) < 4.78 is 11.7. The molecule has 1 aliphatic rings. The van der Waals surface area contributed by atoms with Crippen molar-refractivity contribution in [3.8, 4) is 11.5 Å². The average molecular weight is 384 g/mol. The van der Waals surface area contributed by atoms with Crippen molar-refractivity contribution in [2.45, 2.75) is 33.9 Å². The van der Waals surface area contributed by atoms with E-state index in [2.05, 4.69) is 59.0 Å². The number of piperazine rings is 1. The zero-order chi connectivity index (χ0) is 19.8. The predicted octanol–water partition coefficient (Wildman–Crippen LogP) is 3.83. The monoisotopic (exact) mass is 383 g/mol. The van der Waals surface area contributed by atoms with Crippen LogP contribution in [0.2, 0.25) is 0 Å². The summed E-state index contributed by atoms with van der Waals surface area (Å²) in [7, 11) is 0. The Morgan fingerprint density at radius 2 is 1.50 bits per heavy atom. The number of hydrogen-bond acceptors (Lipinski definition) is 5. The number of aromatic nitrogens is 1. The summed E-state index contributed by atoms with van der Waals surface area (Å²) >= 11 is 0. The fourth-order valence-corrected chi connectivity index (χ4v) is 3.40. The number of nitrogens with zero attached hydrogens (tertiary/aromatic N) is 3. The molecule has 0 unspecified atom stereocenters. The van der Waals surface area contributed by atoms with Gasteiger partial charge in [-0.15, -0.1) is 0 Å². The first-order valence-electron chi connectivity index (χ1n) is 10.4. The Morgan fingerprint density at radius 1 is 0.857 bits per heavy atom. The fraction of sp³-hybridized carbons (Fsp3) is 0.522. The highest BCUT2D eigenvalue weighted by Gasteiger charge is 2.18. The standard InChI is InChI=1S/C23H33N3O2/c1-4-27-23-15-21(5-6-22(23)28-18-19(2)3)17-26-13-11-25(12-14-26)16-20-7-9-24-10-8-20/h5-10,15,19H,4,11-14,16-18H2,1-3H3. The molecule has 5 nitrogen and oxygen atoms in total. The van der Waals surface area contributed by atoms with Gasteiger partial charge in [0.2, 0.25) is 0 Å². The maximum absolute atomic E-state index is 5.92. The van der Waals surface area contributed by atoms with Gasteiger partial charge in [-0.3, -0.25) is 14.8 Å². The van der Waals surface area contributed by atoms with E-state index >= 15 is 0 Å². The van der Waals surface area contributed by atoms with Crippen LogP contribution in [0.1, 0.15) is 31.9 Å². The average Bonchev–Trinajstić information content (AvgIpc) is 2.70. The van der Waals surface area contributed by atoms with Crippen LogP contribution < -0.4 is 9.47 Å². The van der Waals surface area contributed by atoms with Gasteiger partial charge in [0.25, 0.3) is 0 Å². The molecule has 2 heterocycles. The molecular formula is C23H33N3O2. The Balaban J connectivity index is 1.53. The van der Waals surface area contributed by atoms with Gasteiger partial charge in [-0.05, 0) is 48.2 Å². The summed E-state index contributed by atoms with van der Waals surface area (Å²) in [4.78, 5) is 9.13. The van der Waals surface area contributed by atoms with Gasteiger partial charge in [0.1, 0.15) is 0 Å². The maximum Gasteiger partial charge on any atom is 0.161 e. The molecule has 1 saturated heterocycles. The van der Waals surface area contributed by atoms with Crippen LogP contribution in [0.4, 0.5) is 0 Å². The van der Waals surface area contributed by atoms with Crippen molar-refractivity contribution in [3.05, 3.63) is 53.9 Å². The summed E-state index contributed by atoms with van der Waals surface area (Å²) in [6.45, 7) is 14.0. The molecule has 0 amide bonds. The summed E-state index contributed by atoms with van der Waals surface area (Å²) in [6, 6.07) is 10.6. The van der Waals surface area contributed by atoms with Gasteiger partial charge in [0.15, 0.2) is 11.5 Å². The molecule has 3 rings (SSSR count). The van der Waals surface area contributed by atoms with Gasteiger partial charge in [-0.1, -0.05) is 19.9 Å². The number of rotatable bonds is 9. The van der Waals surface area contributed by atoms with Crippen LogP contribution in [-0.4, -0.2) is 54.2 Å². The van der Waals surface area contributed by atoms with Crippen LogP contribution in [0.5, 0.6) is 11.5 Å². The number of pyridine rings is 1. The van der Waals surface area contributed by atoms with E-state index in [0.29, 0.717) is 19.1 Å². The lowest BCUT2D eigenvalue weighted by Gasteiger charge is -2.34. The van der Waals surface area contributed by atoms with Crippen molar-refractivity contribution in [2.75, 3.05) is 39.4 Å². The van der Waals surface area contributed by atoms with Gasteiger partial charge in [0.05, 0.1) is 13.2 Å². The van der Waals surface area contributed by atoms with E-state index in [0.717, 1.165) is 50.8 Å². The highest BCUT2D eigenvalue weighted by molar-refractivity contribution is 5.43. The number of hydrogen-bond donors (Lipinski definition) is 0. The van der Waals surface area contributed by atoms with Crippen molar-refractivity contribution in [1.82, 2.24) is 14.8 Å². The van der Waals surface area contributed by atoms with E-state index < -0.39 is 0 Å². The molecule has 1 aliphatic heterocycles. The molecule has 0 atom stereocenters. The quantitative estimate of drug-likeness (QED) is 0.658. The zero-order valence-corrected chi connectivity index (χ0v) is 17.4. The van der Waals surface area contributed by atoms with Crippen molar-refractivity contribution in [3.63, 3.8) is 0 Å². The molecular weight excluding hydrogens is 350 g/mol. The summed E-state index contributed by atoms with van der Waals surface area (Å²) in [5.41, 5.74) is 2.62. The minimum atomic E-state index is 0.498. The van der Waals surface area contributed by atoms with Gasteiger partial charge >= 0.3 is 0 Å². The number of benzene rings is 1. The Hall–Kier alpha value is -2.11. The molecule has 0 spiro atoms. The Labute approximate surface area is 169 Å². The SMILES string of the molecule is CCOc1cc(CN2CCN(Cc3ccncc3)CC2)ccc1OCC(C)C. The molecule has 0 bridgehead atoms. The Kier molecular flexibility index (Phi) is 7.69. The second-order valence-corrected chi connectivity index (χ2v) is 7.83. The third kappa shape index (κ3) is 6.21. The predicted molar refractivity (Wildman–Crippen MR) is 113 cm³/mol. The maximum atomic E-state index is 5.92. The third-order valence-electron chi connectivity index (χ3n) is 4.91. The first-order chi connectivity index (χ1) is 13.6. The zero-order valence-electron chi connectivity index (χ0n) is 17.4. The van der Waals surface area contributed by atoms with Crippen molar-refractivity contribution in [1.29, 1.82) is 0 Å². The fourth-order valence-electron chi connectivity index (χ4n) is 3.40. The van der Waals surface area contributed by atoms with E-state index in [1.165, 1.54) is 11.1 Å². The van der Waals surface area contributed by atoms with Crippen LogP contribution in [0, 0.1) is 5.92 Å². The molecule has 1 aromatic carbocycles. The molecule has 1 fully saturated rings. The summed E-state index contributed by atoms with van der Waals surface area (Å²) in [5, 5.41) is 0. The van der Waals surface area contributed by atoms with Gasteiger partial charge in [-0.2, -0.15) is 0 Å². The first kappa shape index (κ1) is 20.6. The molecule has 0 saturated carbocycles. The van der Waals surface area contributed by atoms with E-state index in [4.69, 9.17) is 9.47 Å². The smallest absolute Gasteiger partial charge is 0.161 e. The summed E-state index contributed by atoms with van der Waals surface area (Å²) in [6.07, 6.45) is 3.74. The molecule has 152 valence electrons. The Morgan fingerprint density at radius 3 is 2.11 bits per heavy atom. The van der Waals surface area contributed by atoms with E-state index in [1.54, 1.807) is 0 Å². The third-order valence-corrected chi connectivity index (χ3v) is 4.91. The van der Waals surface area contributed by atoms with Crippen LogP contribution in [0.15, 0.2) is 42.7 Å². The van der Waals surface area contributed by atoms with Crippen LogP contribution in [0.25, 0.3) is 0 Å². The van der Waals surface area contributed by atoms with Crippen LogP contribution in [0.3, 0.4) is 0 Å². The lowest BCUT2D eigenvalue weighted by atomic mass is 10.1. The van der Waals surface area contributed by atoms with E-state index in [1.807, 2.05) is 19.3 Å². The lowest BCUT2D eigenvalue weighted by Crippen LogP contribution is -2.45. The molecule has 2 aromatic rings. The first-order valence-corrected chi connectivity index (χ1v) is 10.4. The molecule has 0 radical (unpaired) electrons. The highest BCUT2D eigenvalue weighted by Crippen LogP contribution is 2.29. The summed E-state index contributed by atoms with van der Waals surface area (Å²) in [5.74, 6) is 2.20. The van der Waals surface area contributed by atoms with Gasteiger partial charge in [-0.25, -0.2) is 0 Å². The normalized spacial score (nSPS) is 15.7. The lowest BCUT2D eigenvalue weighted by molar-refractivity contribution is 0.122. The largest absolute Gasteiger partial charge is 0.490 e. The molecule has 0 N–H and O–H groups in total. The molecule has 5 heteroatoms. The van der Waals surface area contributed by atoms with Crippen molar-refractivity contribution in [2.24, 2.45) is 5.92 Å². The minimum absolute atomic E-state index is 0.498. The highest BCUT2D eigenvalue weighted by atomic mass is 16.5. The second kappa shape index (κ2) is 10.4. The van der Waals surface area contributed by atoms with Crippen molar-refractivity contribution >= 4 is 0 Å². The van der Waals surface area contributed by atoms with Gasteiger partial charge in [0, 0.05) is 51.7 Å². The van der Waals surface area contributed by atoms with E-state index in [-0.39, 0.29) is 0 Å². The van der Waals surface area contributed by atoms with Crippen LogP contribution in [-0.2, 0) is 13.1 Å². The molecule has 28 heavy (non-hydrogen) atoms. The van der Waals surface area contributed by atoms with Gasteiger partial charge < -0.3 is 9.47 Å². The van der Waals surface area contributed by atoms with E-state index in [9.17, 15) is 0 Å². The molecule has 0 aliphatic carbocycles. The Bertz CT molecular complexity index is 713. The van der Waals surface area contributed by atoms with Crippen LogP contribution >= 0.6 is 0 Å². The van der Waals surface area contributed by atoms with Crippen molar-refractivity contribution < 1.29 is 9.47 Å². The topological polar surface area (TPSA) is 37.8 Å². The second-order valence-electron chi connectivity index (χ2n) is 7.83. The molecule has 1 aromatic heterocycles. The minimum Gasteiger partial charge on any atom is -0.490 e. The number of ether oxygens (including phenoxy) is 2.